The van der Waals surface area contributed by atoms with Crippen molar-refractivity contribution in [2.75, 3.05) is 17.7 Å². The molecule has 0 saturated carbocycles. The highest BCUT2D eigenvalue weighted by Crippen LogP contribution is 2.34. The minimum absolute atomic E-state index is 0.201. The maximum absolute atomic E-state index is 12.4. The van der Waals surface area contributed by atoms with Crippen molar-refractivity contribution in [1.82, 2.24) is 9.97 Å². The van der Waals surface area contributed by atoms with Crippen molar-refractivity contribution in [3.8, 4) is 6.07 Å². The van der Waals surface area contributed by atoms with Crippen LogP contribution in [0, 0.1) is 25.2 Å². The van der Waals surface area contributed by atoms with Gasteiger partial charge in [-0.2, -0.15) is 5.26 Å². The van der Waals surface area contributed by atoms with Gasteiger partial charge < -0.3 is 15.8 Å². The van der Waals surface area contributed by atoms with E-state index >= 15 is 0 Å². The van der Waals surface area contributed by atoms with Crippen LogP contribution >= 0.6 is 11.3 Å². The van der Waals surface area contributed by atoms with E-state index in [1.807, 2.05) is 0 Å². The standard InChI is InChI=1S/C19H17N5O3S/c1-10-15-16(21)17(28-18(15)23-11(2)22-10)19(26)27-9-14(25)24-13-5-3-12(4-6-13)7-8-20/h3-6H,7,9,21H2,1-2H3,(H,24,25). The van der Waals surface area contributed by atoms with E-state index < -0.39 is 18.5 Å². The SMILES string of the molecule is Cc1nc(C)c2c(N)c(C(=O)OCC(=O)Nc3ccc(CC#N)cc3)sc2n1. The molecule has 1 amide bonds. The monoisotopic (exact) mass is 395 g/mol. The Labute approximate surface area is 165 Å². The number of ether oxygens (including phenoxy) is 1. The summed E-state index contributed by atoms with van der Waals surface area (Å²) in [4.78, 5) is 33.7. The van der Waals surface area contributed by atoms with E-state index in [2.05, 4.69) is 21.4 Å². The maximum atomic E-state index is 12.4. The first-order chi connectivity index (χ1) is 13.4. The van der Waals surface area contributed by atoms with Gasteiger partial charge in [0.2, 0.25) is 0 Å². The van der Waals surface area contributed by atoms with E-state index in [0.717, 1.165) is 16.9 Å². The number of nitrogens with zero attached hydrogens (tertiary/aromatic N) is 3. The quantitative estimate of drug-likeness (QED) is 0.635. The smallest absolute Gasteiger partial charge is 0.351 e. The van der Waals surface area contributed by atoms with Gasteiger partial charge in [0.25, 0.3) is 5.91 Å². The van der Waals surface area contributed by atoms with Crippen LogP contribution in [0.2, 0.25) is 0 Å². The maximum Gasteiger partial charge on any atom is 0.351 e. The molecule has 0 bridgehead atoms. The summed E-state index contributed by atoms with van der Waals surface area (Å²) in [6.45, 7) is 3.11. The van der Waals surface area contributed by atoms with Gasteiger partial charge in [-0.15, -0.1) is 11.3 Å². The molecule has 1 aromatic carbocycles. The van der Waals surface area contributed by atoms with Gasteiger partial charge in [0.1, 0.15) is 15.5 Å². The van der Waals surface area contributed by atoms with Gasteiger partial charge in [0, 0.05) is 5.69 Å². The zero-order valence-electron chi connectivity index (χ0n) is 15.3. The molecule has 8 nitrogen and oxygen atoms in total. The highest BCUT2D eigenvalue weighted by molar-refractivity contribution is 7.21. The van der Waals surface area contributed by atoms with Gasteiger partial charge in [-0.25, -0.2) is 14.8 Å². The zero-order valence-corrected chi connectivity index (χ0v) is 16.1. The number of benzene rings is 1. The fraction of sp³-hybridized carbons (Fsp3) is 0.211. The van der Waals surface area contributed by atoms with Crippen LogP contribution in [-0.2, 0) is 16.0 Å². The van der Waals surface area contributed by atoms with Crippen LogP contribution in [0.5, 0.6) is 0 Å². The Bertz CT molecular complexity index is 1100. The second kappa shape index (κ2) is 8.02. The van der Waals surface area contributed by atoms with E-state index in [1.165, 1.54) is 0 Å². The van der Waals surface area contributed by atoms with Crippen LogP contribution in [0.4, 0.5) is 11.4 Å². The number of nitriles is 1. The Balaban J connectivity index is 1.64. The summed E-state index contributed by atoms with van der Waals surface area (Å²) in [5.41, 5.74) is 8.41. The summed E-state index contributed by atoms with van der Waals surface area (Å²) in [7, 11) is 0. The number of esters is 1. The lowest BCUT2D eigenvalue weighted by molar-refractivity contribution is -0.119. The molecule has 0 atom stereocenters. The van der Waals surface area contributed by atoms with Crippen molar-refractivity contribution in [2.45, 2.75) is 20.3 Å². The van der Waals surface area contributed by atoms with Gasteiger partial charge in [-0.1, -0.05) is 12.1 Å². The number of aromatic nitrogens is 2. The molecule has 9 heteroatoms. The van der Waals surface area contributed by atoms with Gasteiger partial charge >= 0.3 is 5.97 Å². The lowest BCUT2D eigenvalue weighted by atomic mass is 10.1. The molecule has 142 valence electrons. The Kier molecular flexibility index (Phi) is 5.52. The highest BCUT2D eigenvalue weighted by atomic mass is 32.1. The van der Waals surface area contributed by atoms with E-state index in [0.29, 0.717) is 33.8 Å². The number of fused-ring (bicyclic) bond motifs is 1. The van der Waals surface area contributed by atoms with E-state index in [1.54, 1.807) is 38.1 Å². The van der Waals surface area contributed by atoms with E-state index in [-0.39, 0.29) is 10.6 Å². The Morgan fingerprint density at radius 3 is 2.64 bits per heavy atom. The number of hydrogen-bond acceptors (Lipinski definition) is 8. The molecule has 0 fully saturated rings. The fourth-order valence-corrected chi connectivity index (χ4v) is 3.76. The molecule has 3 N–H and O–H groups in total. The molecule has 0 unspecified atom stereocenters. The van der Waals surface area contributed by atoms with E-state index in [9.17, 15) is 9.59 Å². The van der Waals surface area contributed by atoms with Crippen LogP contribution in [0.25, 0.3) is 10.2 Å². The number of thiophene rings is 1. The van der Waals surface area contributed by atoms with Crippen molar-refractivity contribution < 1.29 is 14.3 Å². The zero-order chi connectivity index (χ0) is 20.3. The summed E-state index contributed by atoms with van der Waals surface area (Å²) in [5.74, 6) is -0.573. The lowest BCUT2D eigenvalue weighted by Crippen LogP contribution is -2.20. The minimum atomic E-state index is -0.683. The number of hydrogen-bond donors (Lipinski definition) is 2. The normalized spacial score (nSPS) is 10.5. The summed E-state index contributed by atoms with van der Waals surface area (Å²) >= 11 is 1.11. The number of aryl methyl sites for hydroxylation is 2. The number of nitrogens with one attached hydrogen (secondary N) is 1. The molecule has 0 radical (unpaired) electrons. The Hall–Kier alpha value is -3.51. The number of carbonyl (C=O) groups excluding carboxylic acids is 2. The summed E-state index contributed by atoms with van der Waals surface area (Å²) in [6, 6.07) is 8.90. The van der Waals surface area contributed by atoms with Gasteiger partial charge in [0.05, 0.1) is 29.3 Å². The summed E-state index contributed by atoms with van der Waals surface area (Å²) in [5, 5.41) is 11.9. The molecule has 2 heterocycles. The summed E-state index contributed by atoms with van der Waals surface area (Å²) < 4.78 is 5.09. The molecule has 28 heavy (non-hydrogen) atoms. The minimum Gasteiger partial charge on any atom is -0.451 e. The number of nitrogens with two attached hydrogens (primary N) is 1. The first-order valence-corrected chi connectivity index (χ1v) is 9.16. The number of rotatable bonds is 5. The van der Waals surface area contributed by atoms with Crippen molar-refractivity contribution in [3.05, 3.63) is 46.2 Å². The van der Waals surface area contributed by atoms with Gasteiger partial charge in [0.15, 0.2) is 6.61 Å². The largest absolute Gasteiger partial charge is 0.451 e. The van der Waals surface area contributed by atoms with Crippen molar-refractivity contribution in [2.24, 2.45) is 0 Å². The Morgan fingerprint density at radius 1 is 1.25 bits per heavy atom. The van der Waals surface area contributed by atoms with Crippen LogP contribution in [0.1, 0.15) is 26.8 Å². The van der Waals surface area contributed by atoms with Crippen LogP contribution < -0.4 is 11.1 Å². The number of amides is 1. The topological polar surface area (TPSA) is 131 Å². The predicted octanol–water partition coefficient (Wildman–Crippen LogP) is 2.75. The van der Waals surface area contributed by atoms with Crippen molar-refractivity contribution in [3.63, 3.8) is 0 Å². The molecule has 0 spiro atoms. The molecule has 3 rings (SSSR count). The molecular weight excluding hydrogens is 378 g/mol. The average molecular weight is 395 g/mol. The van der Waals surface area contributed by atoms with Crippen LogP contribution in [-0.4, -0.2) is 28.5 Å². The van der Waals surface area contributed by atoms with Crippen LogP contribution in [0.3, 0.4) is 0 Å². The molecule has 0 saturated heterocycles. The number of nitrogen functional groups attached to an aromatic ring is 1. The van der Waals surface area contributed by atoms with Crippen molar-refractivity contribution in [1.29, 1.82) is 5.26 Å². The third-order valence-corrected chi connectivity index (χ3v) is 5.00. The van der Waals surface area contributed by atoms with E-state index in [4.69, 9.17) is 15.7 Å². The predicted molar refractivity (Wildman–Crippen MR) is 106 cm³/mol. The number of anilines is 2. The molecule has 2 aromatic heterocycles. The second-order valence-electron chi connectivity index (χ2n) is 6.04. The fourth-order valence-electron chi connectivity index (χ4n) is 2.67. The molecular formula is C19H17N5O3S. The third kappa shape index (κ3) is 4.07. The first-order valence-electron chi connectivity index (χ1n) is 8.35. The molecule has 3 aromatic rings. The highest BCUT2D eigenvalue weighted by Gasteiger charge is 2.21. The first kappa shape index (κ1) is 19.3. The van der Waals surface area contributed by atoms with Crippen LogP contribution in [0.15, 0.2) is 24.3 Å². The average Bonchev–Trinajstić information content (AvgIpc) is 2.98. The second-order valence-corrected chi connectivity index (χ2v) is 7.04. The Morgan fingerprint density at radius 2 is 1.96 bits per heavy atom. The molecule has 0 aliphatic rings. The number of carbonyl (C=O) groups is 2. The molecule has 0 aliphatic carbocycles. The van der Waals surface area contributed by atoms with Crippen molar-refractivity contribution >= 4 is 44.8 Å². The van der Waals surface area contributed by atoms with Gasteiger partial charge in [-0.05, 0) is 31.5 Å². The lowest BCUT2D eigenvalue weighted by Gasteiger charge is -2.07. The third-order valence-electron chi connectivity index (χ3n) is 3.92. The summed E-state index contributed by atoms with van der Waals surface area (Å²) in [6.07, 6.45) is 0.297. The molecule has 0 aliphatic heterocycles. The van der Waals surface area contributed by atoms with Gasteiger partial charge in [-0.3, -0.25) is 4.79 Å².